The van der Waals surface area contributed by atoms with Crippen molar-refractivity contribution in [3.05, 3.63) is 83.0 Å². The highest BCUT2D eigenvalue weighted by Gasteiger charge is 2.41. The van der Waals surface area contributed by atoms with Crippen molar-refractivity contribution in [1.82, 2.24) is 4.98 Å². The van der Waals surface area contributed by atoms with Crippen molar-refractivity contribution >= 4 is 10.9 Å². The lowest BCUT2D eigenvalue weighted by atomic mass is 9.76. The number of rotatable bonds is 11. The second-order valence-electron chi connectivity index (χ2n) is 12.0. The van der Waals surface area contributed by atoms with Gasteiger partial charge in [-0.15, -0.1) is 0 Å². The first-order valence-electron chi connectivity index (χ1n) is 13.6. The number of nitrogens with zero attached hydrogens (tertiary/aromatic N) is 1. The number of halogens is 2. The van der Waals surface area contributed by atoms with Gasteiger partial charge >= 0.3 is 0 Å². The molecule has 3 aromatic rings. The van der Waals surface area contributed by atoms with E-state index >= 15 is 4.39 Å². The molecule has 0 aliphatic rings. The Kier molecular flexibility index (Phi) is 9.15. The van der Waals surface area contributed by atoms with Crippen molar-refractivity contribution in [2.45, 2.75) is 79.0 Å². The number of aryl methyl sites for hydroxylation is 2. The maximum Gasteiger partial charge on any atom is 0.131 e. The summed E-state index contributed by atoms with van der Waals surface area (Å²) in [4.78, 5) is 4.58. The number of pyridine rings is 1. The monoisotopic (exact) mass is 553 g/mol. The summed E-state index contributed by atoms with van der Waals surface area (Å²) in [6.07, 6.45) is 4.63. The van der Waals surface area contributed by atoms with Crippen LogP contribution in [0.3, 0.4) is 0 Å². The molecule has 0 saturated heterocycles. The zero-order valence-electron chi connectivity index (χ0n) is 25.3. The molecule has 0 bridgehead atoms. The largest absolute Gasteiger partial charge is 0.500 e. The lowest BCUT2D eigenvalue weighted by molar-refractivity contribution is 0.0356. The minimum atomic E-state index is -1.53. The Hall–Kier alpha value is -3.25. The van der Waals surface area contributed by atoms with Gasteiger partial charge in [-0.05, 0) is 107 Å². The molecule has 0 radical (unpaired) electrons. The van der Waals surface area contributed by atoms with Crippen molar-refractivity contribution in [3.8, 4) is 16.9 Å². The van der Waals surface area contributed by atoms with Crippen molar-refractivity contribution in [2.75, 3.05) is 14.2 Å². The van der Waals surface area contributed by atoms with E-state index in [4.69, 9.17) is 9.47 Å². The smallest absolute Gasteiger partial charge is 0.131 e. The van der Waals surface area contributed by atoms with Crippen molar-refractivity contribution in [3.63, 3.8) is 0 Å². The maximum atomic E-state index is 15.5. The van der Waals surface area contributed by atoms with Gasteiger partial charge in [-0.3, -0.25) is 4.98 Å². The SMILES string of the molecule is C=C(/C=C(\OC)C(C)(C)C(C)(C)F)CC(C)(O)Cc1cc(F)c(-c2cnc3cc(CC)c(OC)cc3c2)cc1C.[HH]. The van der Waals surface area contributed by atoms with Crippen LogP contribution in [0.5, 0.6) is 5.75 Å². The number of aliphatic hydroxyl groups is 1. The lowest BCUT2D eigenvalue weighted by Crippen LogP contribution is -2.37. The molecule has 3 rings (SSSR count). The minimum Gasteiger partial charge on any atom is -0.500 e. The zero-order valence-corrected chi connectivity index (χ0v) is 25.3. The fourth-order valence-corrected chi connectivity index (χ4v) is 4.93. The predicted molar refractivity (Wildman–Crippen MR) is 162 cm³/mol. The second kappa shape index (κ2) is 11.7. The first kappa shape index (κ1) is 31.3. The van der Waals surface area contributed by atoms with Gasteiger partial charge in [0.05, 0.1) is 30.8 Å². The third-order valence-corrected chi connectivity index (χ3v) is 8.04. The van der Waals surface area contributed by atoms with Gasteiger partial charge in [-0.25, -0.2) is 8.78 Å². The van der Waals surface area contributed by atoms with Crippen molar-refractivity contribution in [2.24, 2.45) is 5.41 Å². The molecule has 1 heterocycles. The zero-order chi connectivity index (χ0) is 30.0. The summed E-state index contributed by atoms with van der Waals surface area (Å²) in [6.45, 7) is 16.3. The standard InChI is InChI=1S/C34H43F2NO3.H2/c1-11-23-16-29-24(17-30(23)39-9)14-26(20-37-29)27-13-22(3)25(15-28(27)35)19-34(8,38)18-21(2)12-31(40-10)32(4,5)33(6,7)36;/h12-17,20,38H,2,11,18-19H2,1,3-10H3;1H/b31-12-;. The van der Waals surface area contributed by atoms with Crippen LogP contribution in [-0.4, -0.2) is 35.6 Å². The van der Waals surface area contributed by atoms with Gasteiger partial charge in [0.15, 0.2) is 0 Å². The Morgan fingerprint density at radius 3 is 2.33 bits per heavy atom. The number of aromatic nitrogens is 1. The topological polar surface area (TPSA) is 51.6 Å². The molecule has 4 nitrogen and oxygen atoms in total. The van der Waals surface area contributed by atoms with E-state index in [1.165, 1.54) is 27.0 Å². The molecule has 1 N–H and O–H groups in total. The molecule has 6 heteroatoms. The van der Waals surface area contributed by atoms with Crippen LogP contribution in [0.2, 0.25) is 0 Å². The van der Waals surface area contributed by atoms with E-state index in [0.29, 0.717) is 28.0 Å². The van der Waals surface area contributed by atoms with E-state index < -0.39 is 16.7 Å². The van der Waals surface area contributed by atoms with Crippen LogP contribution in [0, 0.1) is 18.2 Å². The fourth-order valence-electron chi connectivity index (χ4n) is 4.93. The van der Waals surface area contributed by atoms with Gasteiger partial charge < -0.3 is 14.6 Å². The Morgan fingerprint density at radius 1 is 1.07 bits per heavy atom. The number of alkyl halides is 1. The number of allylic oxidation sites excluding steroid dienone is 2. The van der Waals surface area contributed by atoms with E-state index in [9.17, 15) is 9.50 Å². The lowest BCUT2D eigenvalue weighted by Gasteiger charge is -2.36. The highest BCUT2D eigenvalue weighted by molar-refractivity contribution is 5.86. The van der Waals surface area contributed by atoms with E-state index in [1.54, 1.807) is 46.2 Å². The van der Waals surface area contributed by atoms with E-state index in [-0.39, 0.29) is 20.1 Å². The molecule has 2 aromatic carbocycles. The molecule has 218 valence electrons. The molecular weight excluding hydrogens is 508 g/mol. The number of hydrogen-bond acceptors (Lipinski definition) is 4. The Balaban J connectivity index is 0.00000588. The second-order valence-corrected chi connectivity index (χ2v) is 12.0. The molecule has 1 aromatic heterocycles. The minimum absolute atomic E-state index is 0. The van der Waals surface area contributed by atoms with Crippen LogP contribution in [-0.2, 0) is 17.6 Å². The molecule has 0 spiro atoms. The van der Waals surface area contributed by atoms with Gasteiger partial charge in [0.1, 0.15) is 23.0 Å². The Labute approximate surface area is 239 Å². The number of ether oxygens (including phenoxy) is 2. The number of fused-ring (bicyclic) bond motifs is 1. The molecule has 1 unspecified atom stereocenters. The average molecular weight is 554 g/mol. The van der Waals surface area contributed by atoms with Gasteiger partial charge in [0.2, 0.25) is 0 Å². The summed E-state index contributed by atoms with van der Waals surface area (Å²) >= 11 is 0. The molecule has 0 amide bonds. The fraction of sp³-hybridized carbons (Fsp3) is 0.441. The van der Waals surface area contributed by atoms with Crippen LogP contribution in [0.1, 0.15) is 66.1 Å². The van der Waals surface area contributed by atoms with Crippen LogP contribution in [0.15, 0.2) is 60.5 Å². The van der Waals surface area contributed by atoms with Crippen LogP contribution < -0.4 is 4.74 Å². The van der Waals surface area contributed by atoms with E-state index in [1.807, 2.05) is 25.1 Å². The first-order valence-corrected chi connectivity index (χ1v) is 13.6. The average Bonchev–Trinajstić information content (AvgIpc) is 2.86. The summed E-state index contributed by atoms with van der Waals surface area (Å²) in [7, 11) is 3.14. The van der Waals surface area contributed by atoms with Gasteiger partial charge in [0.25, 0.3) is 0 Å². The normalized spacial score (nSPS) is 14.2. The molecule has 0 fully saturated rings. The predicted octanol–water partition coefficient (Wildman–Crippen LogP) is 8.71. The molecule has 0 saturated carbocycles. The molecule has 1 atom stereocenters. The van der Waals surface area contributed by atoms with Crippen LogP contribution in [0.4, 0.5) is 8.78 Å². The first-order chi connectivity index (χ1) is 18.5. The summed E-state index contributed by atoms with van der Waals surface area (Å²) in [6, 6.07) is 9.14. The highest BCUT2D eigenvalue weighted by Crippen LogP contribution is 2.42. The number of hydrogen-bond donors (Lipinski definition) is 1. The quantitative estimate of drug-likeness (QED) is 0.191. The number of methoxy groups -OCH3 is 2. The third kappa shape index (κ3) is 6.72. The number of benzene rings is 2. The molecule has 0 aliphatic heterocycles. The Bertz CT molecular complexity index is 1440. The summed E-state index contributed by atoms with van der Waals surface area (Å²) in [5, 5.41) is 12.1. The van der Waals surface area contributed by atoms with Gasteiger partial charge in [0, 0.05) is 37.0 Å². The summed E-state index contributed by atoms with van der Waals surface area (Å²) in [5.41, 5.74) is 1.53. The maximum absolute atomic E-state index is 15.5. The van der Waals surface area contributed by atoms with Crippen LogP contribution >= 0.6 is 0 Å². The molecule has 0 aliphatic carbocycles. The van der Waals surface area contributed by atoms with Crippen molar-refractivity contribution in [1.29, 1.82) is 0 Å². The van der Waals surface area contributed by atoms with Gasteiger partial charge in [-0.2, -0.15) is 0 Å². The third-order valence-electron chi connectivity index (χ3n) is 8.04. The summed E-state index contributed by atoms with van der Waals surface area (Å²) in [5.74, 6) is 0.844. The highest BCUT2D eigenvalue weighted by atomic mass is 19.1. The van der Waals surface area contributed by atoms with Crippen molar-refractivity contribution < 1.29 is 24.8 Å². The summed E-state index contributed by atoms with van der Waals surface area (Å²) < 4.78 is 41.3. The molecule has 40 heavy (non-hydrogen) atoms. The van der Waals surface area contributed by atoms with E-state index in [2.05, 4.69) is 18.5 Å². The molecular formula is C34H45F2NO3. The van der Waals surface area contributed by atoms with Crippen LogP contribution in [0.25, 0.3) is 22.0 Å². The Morgan fingerprint density at radius 2 is 1.75 bits per heavy atom. The van der Waals surface area contributed by atoms with E-state index in [0.717, 1.165) is 34.2 Å². The van der Waals surface area contributed by atoms with Gasteiger partial charge in [-0.1, -0.05) is 13.5 Å².